The van der Waals surface area contributed by atoms with Crippen LogP contribution in [0.3, 0.4) is 0 Å². The van der Waals surface area contributed by atoms with E-state index < -0.39 is 18.6 Å². The topological polar surface area (TPSA) is 41.6 Å². The predicted octanol–water partition coefficient (Wildman–Crippen LogP) is 3.13. The van der Waals surface area contributed by atoms with E-state index in [4.69, 9.17) is 27.9 Å². The number of carbonyl (C=O) groups excluding carboxylic acids is 1. The number of rotatable bonds is 5. The smallest absolute Gasteiger partial charge is 0.401 e. The van der Waals surface area contributed by atoms with Gasteiger partial charge < -0.3 is 10.1 Å². The molecule has 1 aliphatic rings. The fraction of sp³-hybridized carbons (Fsp3) is 0.500. The molecule has 0 bridgehead atoms. The highest BCUT2D eigenvalue weighted by Crippen LogP contribution is 2.27. The van der Waals surface area contributed by atoms with Crippen LogP contribution in [0.1, 0.15) is 6.42 Å². The summed E-state index contributed by atoms with van der Waals surface area (Å²) in [6.07, 6.45) is -3.75. The summed E-state index contributed by atoms with van der Waals surface area (Å²) in [4.78, 5) is 13.1. The zero-order chi connectivity index (χ0) is 17.0. The summed E-state index contributed by atoms with van der Waals surface area (Å²) in [5.41, 5.74) is 0. The number of nitrogens with zero attached hydrogens (tertiary/aromatic N) is 1. The lowest BCUT2D eigenvalue weighted by molar-refractivity contribution is -0.143. The Morgan fingerprint density at radius 3 is 2.78 bits per heavy atom. The third-order valence-corrected chi connectivity index (χ3v) is 3.82. The normalized spacial score (nSPS) is 18.9. The van der Waals surface area contributed by atoms with Gasteiger partial charge in [0, 0.05) is 24.2 Å². The van der Waals surface area contributed by atoms with Crippen molar-refractivity contribution in [3.63, 3.8) is 0 Å². The summed E-state index contributed by atoms with van der Waals surface area (Å²) < 4.78 is 42.2. The molecule has 23 heavy (non-hydrogen) atoms. The summed E-state index contributed by atoms with van der Waals surface area (Å²) in [6, 6.07) is 4.29. The van der Waals surface area contributed by atoms with Crippen LogP contribution < -0.4 is 10.1 Å². The molecule has 1 aromatic carbocycles. The Labute approximate surface area is 141 Å². The molecule has 1 fully saturated rings. The maximum atomic E-state index is 12.3. The van der Waals surface area contributed by atoms with Crippen LogP contribution >= 0.6 is 23.2 Å². The number of nitrogens with one attached hydrogen (secondary N) is 1. The van der Waals surface area contributed by atoms with Crippen molar-refractivity contribution in [3.8, 4) is 5.75 Å². The number of hydrogen-bond acceptors (Lipinski definition) is 3. The summed E-state index contributed by atoms with van der Waals surface area (Å²) in [7, 11) is 0. The van der Waals surface area contributed by atoms with Crippen LogP contribution in [0.5, 0.6) is 5.75 Å². The first-order valence-corrected chi connectivity index (χ1v) is 7.65. The molecule has 128 valence electrons. The Balaban J connectivity index is 1.75. The Bertz CT molecular complexity index is 569. The van der Waals surface area contributed by atoms with E-state index in [-0.39, 0.29) is 24.2 Å². The predicted molar refractivity (Wildman–Crippen MR) is 81.0 cm³/mol. The van der Waals surface area contributed by atoms with Crippen LogP contribution in [0.4, 0.5) is 13.2 Å². The quantitative estimate of drug-likeness (QED) is 0.865. The number of halogens is 5. The van der Waals surface area contributed by atoms with Crippen molar-refractivity contribution in [1.82, 2.24) is 10.2 Å². The van der Waals surface area contributed by atoms with Crippen molar-refractivity contribution < 1.29 is 22.7 Å². The van der Waals surface area contributed by atoms with Crippen LogP contribution in [0, 0.1) is 0 Å². The molecule has 1 atom stereocenters. The van der Waals surface area contributed by atoms with Gasteiger partial charge in [0.15, 0.2) is 6.61 Å². The van der Waals surface area contributed by atoms with E-state index in [9.17, 15) is 18.0 Å². The van der Waals surface area contributed by atoms with Gasteiger partial charge in [-0.3, -0.25) is 9.69 Å². The second-order valence-corrected chi connectivity index (χ2v) is 6.11. The molecule has 1 heterocycles. The van der Waals surface area contributed by atoms with Crippen LogP contribution in [0.25, 0.3) is 0 Å². The fourth-order valence-corrected chi connectivity index (χ4v) is 2.82. The zero-order valence-electron chi connectivity index (χ0n) is 12.0. The van der Waals surface area contributed by atoms with Crippen molar-refractivity contribution in [1.29, 1.82) is 0 Å². The van der Waals surface area contributed by atoms with Gasteiger partial charge in [0.1, 0.15) is 5.75 Å². The van der Waals surface area contributed by atoms with Gasteiger partial charge in [0.25, 0.3) is 5.91 Å². The minimum Gasteiger partial charge on any atom is -0.482 e. The van der Waals surface area contributed by atoms with E-state index >= 15 is 0 Å². The first-order valence-electron chi connectivity index (χ1n) is 6.89. The van der Waals surface area contributed by atoms with Crippen molar-refractivity contribution >= 4 is 29.1 Å². The molecular weight excluding hydrogens is 356 g/mol. The first-order chi connectivity index (χ1) is 10.7. The molecule has 0 saturated carbocycles. The molecule has 4 nitrogen and oxygen atoms in total. The largest absolute Gasteiger partial charge is 0.482 e. The van der Waals surface area contributed by atoms with Gasteiger partial charge in [-0.2, -0.15) is 13.2 Å². The Hall–Kier alpha value is -1.18. The zero-order valence-corrected chi connectivity index (χ0v) is 13.5. The Morgan fingerprint density at radius 2 is 2.13 bits per heavy atom. The molecule has 0 aliphatic carbocycles. The fourth-order valence-electron chi connectivity index (χ4n) is 2.35. The van der Waals surface area contributed by atoms with E-state index in [1.54, 1.807) is 12.1 Å². The Morgan fingerprint density at radius 1 is 1.39 bits per heavy atom. The molecule has 1 N–H and O–H groups in total. The third-order valence-electron chi connectivity index (χ3n) is 3.29. The number of carbonyl (C=O) groups is 1. The molecule has 1 unspecified atom stereocenters. The van der Waals surface area contributed by atoms with Crippen LogP contribution in [-0.4, -0.2) is 49.3 Å². The molecule has 9 heteroatoms. The minimum absolute atomic E-state index is 0.174. The summed E-state index contributed by atoms with van der Waals surface area (Å²) in [5.74, 6) is -0.0915. The molecule has 1 saturated heterocycles. The van der Waals surface area contributed by atoms with E-state index in [0.29, 0.717) is 23.7 Å². The van der Waals surface area contributed by atoms with Crippen molar-refractivity contribution in [2.45, 2.75) is 18.6 Å². The lowest BCUT2D eigenvalue weighted by Crippen LogP contribution is -2.41. The number of hydrogen-bond donors (Lipinski definition) is 1. The maximum absolute atomic E-state index is 12.3. The molecule has 1 amide bonds. The van der Waals surface area contributed by atoms with Crippen LogP contribution in [0.15, 0.2) is 18.2 Å². The lowest BCUT2D eigenvalue weighted by atomic mass is 10.2. The summed E-state index contributed by atoms with van der Waals surface area (Å²) in [6.45, 7) is -0.755. The standard InChI is InChI=1S/C14H15Cl2F3N2O2/c15-9-1-2-12(11(16)5-9)23-7-13(22)20-10-3-4-21(6-10)8-14(17,18)19/h1-2,5,10H,3-4,6-8H2,(H,20,22). The molecule has 1 aromatic rings. The monoisotopic (exact) mass is 370 g/mol. The molecule has 0 aromatic heterocycles. The van der Waals surface area contributed by atoms with E-state index in [2.05, 4.69) is 5.32 Å². The van der Waals surface area contributed by atoms with Gasteiger partial charge >= 0.3 is 6.18 Å². The second kappa shape index (κ2) is 7.59. The highest BCUT2D eigenvalue weighted by atomic mass is 35.5. The van der Waals surface area contributed by atoms with E-state index in [1.807, 2.05) is 0 Å². The molecule has 0 spiro atoms. The average Bonchev–Trinajstić information content (AvgIpc) is 2.82. The highest BCUT2D eigenvalue weighted by molar-refractivity contribution is 6.35. The van der Waals surface area contributed by atoms with Gasteiger partial charge in [-0.1, -0.05) is 23.2 Å². The summed E-state index contributed by atoms with van der Waals surface area (Å²) in [5, 5.41) is 3.38. The Kier molecular flexibility index (Phi) is 6.00. The molecular formula is C14H15Cl2F3N2O2. The van der Waals surface area contributed by atoms with Crippen molar-refractivity contribution in [2.24, 2.45) is 0 Å². The first kappa shape index (κ1) is 18.2. The molecule has 1 aliphatic heterocycles. The maximum Gasteiger partial charge on any atom is 0.401 e. The van der Waals surface area contributed by atoms with Crippen LogP contribution in [-0.2, 0) is 4.79 Å². The average molecular weight is 371 g/mol. The molecule has 2 rings (SSSR count). The summed E-state index contributed by atoms with van der Waals surface area (Å²) >= 11 is 11.7. The van der Waals surface area contributed by atoms with E-state index in [0.717, 1.165) is 0 Å². The SMILES string of the molecule is O=C(COc1ccc(Cl)cc1Cl)NC1CCN(CC(F)(F)F)C1. The third kappa shape index (κ3) is 6.08. The second-order valence-electron chi connectivity index (χ2n) is 5.27. The number of ether oxygens (including phenoxy) is 1. The number of likely N-dealkylation sites (tertiary alicyclic amines) is 1. The number of benzene rings is 1. The van der Waals surface area contributed by atoms with Crippen molar-refractivity contribution in [3.05, 3.63) is 28.2 Å². The van der Waals surface area contributed by atoms with Crippen molar-refractivity contribution in [2.75, 3.05) is 26.2 Å². The van der Waals surface area contributed by atoms with Gasteiger partial charge in [0.05, 0.1) is 11.6 Å². The van der Waals surface area contributed by atoms with Crippen LogP contribution in [0.2, 0.25) is 10.0 Å². The minimum atomic E-state index is -4.23. The van der Waals surface area contributed by atoms with E-state index in [1.165, 1.54) is 11.0 Å². The van der Waals surface area contributed by atoms with Gasteiger partial charge in [-0.25, -0.2) is 0 Å². The number of alkyl halides is 3. The molecule has 0 radical (unpaired) electrons. The lowest BCUT2D eigenvalue weighted by Gasteiger charge is -2.18. The number of amides is 1. The van der Waals surface area contributed by atoms with Gasteiger partial charge in [-0.05, 0) is 24.6 Å². The van der Waals surface area contributed by atoms with Gasteiger partial charge in [0.2, 0.25) is 0 Å². The highest BCUT2D eigenvalue weighted by Gasteiger charge is 2.34. The van der Waals surface area contributed by atoms with Gasteiger partial charge in [-0.15, -0.1) is 0 Å².